The molecule has 5 aliphatic carbocycles. The fraction of sp³-hybridized carbons (Fsp3) is 0.727. The lowest BCUT2D eigenvalue weighted by Crippen LogP contribution is -2.13. The molecule has 0 bridgehead atoms. The van der Waals surface area contributed by atoms with Crippen molar-refractivity contribution in [3.05, 3.63) is 69.9 Å². The molecule has 0 amide bonds. The second-order valence-electron chi connectivity index (χ2n) is 18.4. The lowest BCUT2D eigenvalue weighted by atomic mass is 10.3. The zero-order chi connectivity index (χ0) is 50.9. The van der Waals surface area contributed by atoms with Gasteiger partial charge in [-0.2, -0.15) is 30.6 Å². The lowest BCUT2D eigenvalue weighted by molar-refractivity contribution is 0.134. The van der Waals surface area contributed by atoms with Gasteiger partial charge in [0.1, 0.15) is 34.9 Å². The minimum Gasteiger partial charge on any atom is -0.263 e. The summed E-state index contributed by atoms with van der Waals surface area (Å²) in [6.45, 7) is 22.1. The van der Waals surface area contributed by atoms with Crippen LogP contribution in [0.25, 0.3) is 0 Å². The molecule has 6 heterocycles. The van der Waals surface area contributed by atoms with Crippen molar-refractivity contribution in [2.75, 3.05) is 0 Å². The minimum absolute atomic E-state index is 0.185. The molecule has 25 heteroatoms. The summed E-state index contributed by atoms with van der Waals surface area (Å²) in [4.78, 5) is 23.8. The molecule has 0 atom stereocenters. The second-order valence-corrected chi connectivity index (χ2v) is 18.4. The Morgan fingerprint density at radius 1 is 0.493 bits per heavy atom. The Kier molecular flexibility index (Phi) is 15.6. The molecular formula is C44H65F7N18. The number of aryl methyl sites for hydroxylation is 10. The summed E-state index contributed by atoms with van der Waals surface area (Å²) >= 11 is 0. The molecular weight excluding hydrogens is 914 g/mol. The first kappa shape index (κ1) is 52.7. The molecule has 0 spiro atoms. The summed E-state index contributed by atoms with van der Waals surface area (Å²) in [6.07, 6.45) is 3.37. The van der Waals surface area contributed by atoms with Gasteiger partial charge in [0, 0.05) is 32.7 Å². The van der Waals surface area contributed by atoms with Crippen LogP contribution in [0, 0.1) is 41.5 Å². The summed E-state index contributed by atoms with van der Waals surface area (Å²) in [6, 6.07) is 0.185. The zero-order valence-electron chi connectivity index (χ0n) is 41.6. The average Bonchev–Trinajstić information content (AvgIpc) is 4.28. The fourth-order valence-electron chi connectivity index (χ4n) is 6.99. The first-order valence-corrected chi connectivity index (χ1v) is 23.5. The molecule has 0 saturated heterocycles. The molecule has 0 aliphatic heterocycles. The van der Waals surface area contributed by atoms with E-state index in [-0.39, 0.29) is 11.9 Å². The lowest BCUT2D eigenvalue weighted by Gasteiger charge is -2.10. The van der Waals surface area contributed by atoms with Crippen LogP contribution in [0.2, 0.25) is 0 Å². The molecule has 69 heavy (non-hydrogen) atoms. The van der Waals surface area contributed by atoms with E-state index in [4.69, 9.17) is 0 Å². The smallest absolute Gasteiger partial charge is 0.263 e. The van der Waals surface area contributed by atoms with Crippen LogP contribution in [-0.4, -0.2) is 89.0 Å². The van der Waals surface area contributed by atoms with Crippen LogP contribution in [0.15, 0.2) is 0 Å². The third-order valence-corrected chi connectivity index (χ3v) is 11.7. The minimum atomic E-state index is -2.53. The number of aromatic amines is 1. The van der Waals surface area contributed by atoms with Crippen LogP contribution < -0.4 is 0 Å². The number of halogens is 7. The number of hydrogen-bond donors (Lipinski definition) is 1. The third-order valence-electron chi connectivity index (χ3n) is 11.7. The van der Waals surface area contributed by atoms with Crippen molar-refractivity contribution in [2.24, 2.45) is 7.05 Å². The van der Waals surface area contributed by atoms with E-state index in [1.165, 1.54) is 9.36 Å². The van der Waals surface area contributed by atoms with Crippen molar-refractivity contribution in [1.82, 2.24) is 89.0 Å². The van der Waals surface area contributed by atoms with Crippen molar-refractivity contribution in [2.45, 2.75) is 201 Å². The van der Waals surface area contributed by atoms with Crippen molar-refractivity contribution >= 4 is 0 Å². The largest absolute Gasteiger partial charge is 0.297 e. The summed E-state index contributed by atoms with van der Waals surface area (Å²) in [7, 11) is 1.73. The fourth-order valence-corrected chi connectivity index (χ4v) is 6.99. The summed E-state index contributed by atoms with van der Waals surface area (Å²) in [5, 5.41) is 26.5. The molecule has 0 aromatic carbocycles. The van der Waals surface area contributed by atoms with Crippen molar-refractivity contribution < 1.29 is 30.7 Å². The highest BCUT2D eigenvalue weighted by Crippen LogP contribution is 2.51. The van der Waals surface area contributed by atoms with Crippen LogP contribution in [0.5, 0.6) is 0 Å². The van der Waals surface area contributed by atoms with E-state index >= 15 is 0 Å². The van der Waals surface area contributed by atoms with E-state index in [2.05, 4.69) is 65.6 Å². The van der Waals surface area contributed by atoms with Crippen LogP contribution in [0.3, 0.4) is 0 Å². The number of rotatable bonds is 10. The van der Waals surface area contributed by atoms with Gasteiger partial charge in [-0.05, 0) is 140 Å². The molecule has 5 saturated carbocycles. The Morgan fingerprint density at radius 2 is 0.928 bits per heavy atom. The molecule has 6 aromatic rings. The van der Waals surface area contributed by atoms with Gasteiger partial charge in [-0.25, -0.2) is 79.4 Å². The molecule has 0 radical (unpaired) electrons. The summed E-state index contributed by atoms with van der Waals surface area (Å²) in [5.41, 5.74) is -5.87. The highest BCUT2D eigenvalue weighted by molar-refractivity contribution is 5.15. The highest BCUT2D eigenvalue weighted by atomic mass is 19.3. The Balaban J connectivity index is 0.000000136. The Bertz CT molecular complexity index is 2630. The Labute approximate surface area is 396 Å². The maximum Gasteiger partial charge on any atom is 0.297 e. The number of alkyl halides is 7. The van der Waals surface area contributed by atoms with Gasteiger partial charge in [0.05, 0.1) is 0 Å². The first-order valence-electron chi connectivity index (χ1n) is 23.5. The van der Waals surface area contributed by atoms with Crippen LogP contribution >= 0.6 is 0 Å². The van der Waals surface area contributed by atoms with Gasteiger partial charge in [0.25, 0.3) is 6.43 Å². The monoisotopic (exact) mass is 979 g/mol. The van der Waals surface area contributed by atoms with E-state index in [9.17, 15) is 30.7 Å². The van der Waals surface area contributed by atoms with Gasteiger partial charge in [0.2, 0.25) is 0 Å². The van der Waals surface area contributed by atoms with Crippen molar-refractivity contribution in [1.29, 1.82) is 0 Å². The Morgan fingerprint density at radius 3 is 1.35 bits per heavy atom. The number of nitrogens with zero attached hydrogens (tertiary/aromatic N) is 17. The summed E-state index contributed by atoms with van der Waals surface area (Å²) in [5.74, 6) is 5.81. The van der Waals surface area contributed by atoms with E-state index in [0.717, 1.165) is 12.4 Å². The number of H-pyrrole nitrogens is 1. The number of hydrogen-bond acceptors (Lipinski definition) is 12. The topological polar surface area (TPSA) is 195 Å². The molecule has 5 fully saturated rings. The first-order chi connectivity index (χ1) is 32.3. The highest BCUT2D eigenvalue weighted by Gasteiger charge is 2.52. The molecule has 11 rings (SSSR count). The van der Waals surface area contributed by atoms with E-state index in [1.807, 2.05) is 34.6 Å². The predicted octanol–water partition coefficient (Wildman–Crippen LogP) is 8.95. The van der Waals surface area contributed by atoms with E-state index in [1.54, 1.807) is 62.6 Å². The van der Waals surface area contributed by atoms with Gasteiger partial charge in [-0.15, -0.1) is 0 Å². The quantitative estimate of drug-likeness (QED) is 0.128. The predicted molar refractivity (Wildman–Crippen MR) is 238 cm³/mol. The molecule has 18 nitrogen and oxygen atoms in total. The summed E-state index contributed by atoms with van der Waals surface area (Å²) < 4.78 is 99.3. The second kappa shape index (κ2) is 20.4. The van der Waals surface area contributed by atoms with Gasteiger partial charge >= 0.3 is 0 Å². The van der Waals surface area contributed by atoms with Gasteiger partial charge in [0.15, 0.2) is 63.3 Å². The Hall–Kier alpha value is -5.65. The molecule has 0 unspecified atom stereocenters. The van der Waals surface area contributed by atoms with Gasteiger partial charge in [-0.3, -0.25) is 9.78 Å². The van der Waals surface area contributed by atoms with Crippen molar-refractivity contribution in [3.63, 3.8) is 0 Å². The molecule has 380 valence electrons. The van der Waals surface area contributed by atoms with Gasteiger partial charge in [-0.1, -0.05) is 0 Å². The maximum absolute atomic E-state index is 13.7. The molecule has 6 aromatic heterocycles. The molecule has 1 N–H and O–H groups in total. The third kappa shape index (κ3) is 13.0. The number of aromatic nitrogens is 18. The standard InChI is InChI=1S/C9H14FN3.2C8H12FN3.C7H10FN3.C6H9F2N3.C6H8FN3/c1-6(2)13-8(9(10)4-5-9)11-7(3)12-13;1-3-12-6(2)10-7(11-12)8(9)4-5-8;1-3-12-7(8(9)4-5-8)10-6(2)11-12;1-5-9-6(11(2)10-5)7(8)3-4-7;1-3-11-6(5(7)8)9-4(2)10-11;1-4-8-5(10-9-4)6(7)2-3-6/h6H,4-5H2,1-3H3;2*3-5H2,1-2H3;3-4H2,1-2H3;5H,3H2,1-2H3;2-3H2,1H3,(H,8,9,10). The van der Waals surface area contributed by atoms with Crippen LogP contribution in [-0.2, 0) is 55.0 Å². The van der Waals surface area contributed by atoms with Gasteiger partial charge < -0.3 is 0 Å². The van der Waals surface area contributed by atoms with E-state index < -0.39 is 34.8 Å². The SMILES string of the molecule is CCn1nc(C)nc1C(F)F.CCn1nc(C)nc1C1(F)CC1.CCn1nc(C2(F)CC2)nc1C.Cc1nc(C2(F)CC2)n(C(C)C)n1.Cc1nc(C2(F)CC2)n(C)n1.Cc1nc(C2(F)CC2)n[nH]1. The van der Waals surface area contributed by atoms with E-state index in [0.29, 0.717) is 136 Å². The average molecular weight is 979 g/mol. The molecule has 5 aliphatic rings. The zero-order valence-corrected chi connectivity index (χ0v) is 41.6. The normalized spacial score (nSPS) is 18.5. The van der Waals surface area contributed by atoms with Crippen LogP contribution in [0.4, 0.5) is 30.7 Å². The van der Waals surface area contributed by atoms with Crippen molar-refractivity contribution in [3.8, 4) is 0 Å². The van der Waals surface area contributed by atoms with Crippen LogP contribution in [0.1, 0.15) is 181 Å². The number of nitrogens with one attached hydrogen (secondary N) is 1. The maximum atomic E-state index is 13.7.